The van der Waals surface area contributed by atoms with Crippen LogP contribution in [0, 0.1) is 0 Å². The predicted octanol–water partition coefficient (Wildman–Crippen LogP) is 1.41. The summed E-state index contributed by atoms with van der Waals surface area (Å²) in [6.45, 7) is 0.545. The van der Waals surface area contributed by atoms with Crippen LogP contribution in [0.25, 0.3) is 5.82 Å². The van der Waals surface area contributed by atoms with Gasteiger partial charge >= 0.3 is 0 Å². The number of ether oxygens (including phenoxy) is 1. The van der Waals surface area contributed by atoms with Gasteiger partial charge in [0.1, 0.15) is 0 Å². The number of rotatable bonds is 3. The van der Waals surface area contributed by atoms with E-state index in [0.29, 0.717) is 6.61 Å². The second-order valence-electron chi connectivity index (χ2n) is 2.87. The first-order valence-corrected chi connectivity index (χ1v) is 4.34. The summed E-state index contributed by atoms with van der Waals surface area (Å²) in [6.07, 6.45) is 5.34. The fourth-order valence-corrected chi connectivity index (χ4v) is 1.30. The van der Waals surface area contributed by atoms with Crippen LogP contribution < -0.4 is 0 Å². The molecule has 0 saturated carbocycles. The van der Waals surface area contributed by atoms with Crippen LogP contribution in [-0.4, -0.2) is 21.9 Å². The highest BCUT2D eigenvalue weighted by Crippen LogP contribution is 2.10. The Hall–Kier alpha value is -1.68. The smallest absolute Gasteiger partial charge is 0.158 e. The van der Waals surface area contributed by atoms with Crippen molar-refractivity contribution in [2.45, 2.75) is 6.61 Å². The molecule has 0 unspecified atom stereocenters. The number of pyridine rings is 1. The van der Waals surface area contributed by atoms with Gasteiger partial charge in [0.15, 0.2) is 5.82 Å². The lowest BCUT2D eigenvalue weighted by Gasteiger charge is -2.06. The zero-order chi connectivity index (χ0) is 9.80. The first-order valence-electron chi connectivity index (χ1n) is 4.34. The SMILES string of the molecule is COCc1cccnc1-n1cccn1. The summed E-state index contributed by atoms with van der Waals surface area (Å²) in [6, 6.07) is 5.74. The molecular weight excluding hydrogens is 178 g/mol. The van der Waals surface area contributed by atoms with E-state index in [4.69, 9.17) is 4.74 Å². The molecule has 0 aromatic carbocycles. The van der Waals surface area contributed by atoms with Crippen molar-refractivity contribution in [1.29, 1.82) is 0 Å². The molecule has 0 aliphatic carbocycles. The summed E-state index contributed by atoms with van der Waals surface area (Å²) in [5.41, 5.74) is 1.03. The monoisotopic (exact) mass is 189 g/mol. The average Bonchev–Trinajstić information content (AvgIpc) is 2.72. The third kappa shape index (κ3) is 1.65. The lowest BCUT2D eigenvalue weighted by Crippen LogP contribution is -2.03. The third-order valence-corrected chi connectivity index (χ3v) is 1.89. The van der Waals surface area contributed by atoms with Crippen LogP contribution in [0.1, 0.15) is 5.56 Å². The molecule has 0 aliphatic heterocycles. The van der Waals surface area contributed by atoms with Gasteiger partial charge in [-0.1, -0.05) is 6.07 Å². The number of nitrogens with zero attached hydrogens (tertiary/aromatic N) is 3. The molecular formula is C10H11N3O. The van der Waals surface area contributed by atoms with E-state index in [1.54, 1.807) is 24.2 Å². The minimum Gasteiger partial charge on any atom is -0.380 e. The van der Waals surface area contributed by atoms with Gasteiger partial charge < -0.3 is 4.74 Å². The summed E-state index contributed by atoms with van der Waals surface area (Å²) in [7, 11) is 1.67. The molecule has 0 radical (unpaired) electrons. The maximum atomic E-state index is 5.09. The molecule has 0 atom stereocenters. The molecule has 2 heterocycles. The second kappa shape index (κ2) is 4.02. The van der Waals surface area contributed by atoms with Gasteiger partial charge in [-0.2, -0.15) is 5.10 Å². The maximum absolute atomic E-state index is 5.09. The molecule has 4 heteroatoms. The highest BCUT2D eigenvalue weighted by molar-refractivity contribution is 5.31. The van der Waals surface area contributed by atoms with E-state index in [2.05, 4.69) is 10.1 Å². The van der Waals surface area contributed by atoms with Crippen molar-refractivity contribution in [3.8, 4) is 5.82 Å². The molecule has 0 N–H and O–H groups in total. The van der Waals surface area contributed by atoms with E-state index < -0.39 is 0 Å². The van der Waals surface area contributed by atoms with Crippen LogP contribution in [0.4, 0.5) is 0 Å². The van der Waals surface area contributed by atoms with Crippen molar-refractivity contribution in [1.82, 2.24) is 14.8 Å². The molecule has 0 fully saturated rings. The summed E-state index contributed by atoms with van der Waals surface area (Å²) >= 11 is 0. The largest absolute Gasteiger partial charge is 0.380 e. The van der Waals surface area contributed by atoms with Gasteiger partial charge in [0.05, 0.1) is 6.61 Å². The second-order valence-corrected chi connectivity index (χ2v) is 2.87. The van der Waals surface area contributed by atoms with Crippen LogP contribution in [0.5, 0.6) is 0 Å². The van der Waals surface area contributed by atoms with Crippen molar-refractivity contribution in [2.24, 2.45) is 0 Å². The Bertz CT molecular complexity index is 398. The Kier molecular flexibility index (Phi) is 2.55. The molecule has 0 amide bonds. The minimum absolute atomic E-state index is 0.545. The first-order chi connectivity index (χ1) is 6.92. The summed E-state index contributed by atoms with van der Waals surface area (Å²) in [5.74, 6) is 0.819. The zero-order valence-corrected chi connectivity index (χ0v) is 7.92. The van der Waals surface area contributed by atoms with Gasteiger partial charge in [0, 0.05) is 31.3 Å². The average molecular weight is 189 g/mol. The lowest BCUT2D eigenvalue weighted by molar-refractivity contribution is 0.184. The maximum Gasteiger partial charge on any atom is 0.158 e. The Balaban J connectivity index is 2.42. The van der Waals surface area contributed by atoms with E-state index in [0.717, 1.165) is 11.4 Å². The number of hydrogen-bond donors (Lipinski definition) is 0. The standard InChI is InChI=1S/C10H11N3O/c1-14-8-9-4-2-5-11-10(9)13-7-3-6-12-13/h2-7H,8H2,1H3. The molecule has 0 bridgehead atoms. The van der Waals surface area contributed by atoms with Crippen LogP contribution in [0.2, 0.25) is 0 Å². The van der Waals surface area contributed by atoms with Gasteiger partial charge in [0.2, 0.25) is 0 Å². The molecule has 4 nitrogen and oxygen atoms in total. The van der Waals surface area contributed by atoms with Crippen LogP contribution in [-0.2, 0) is 11.3 Å². The minimum atomic E-state index is 0.545. The van der Waals surface area contributed by atoms with E-state index in [1.165, 1.54) is 0 Å². The molecule has 2 aromatic heterocycles. The lowest BCUT2D eigenvalue weighted by atomic mass is 10.3. The van der Waals surface area contributed by atoms with Crippen molar-refractivity contribution in [3.05, 3.63) is 42.4 Å². The Labute approximate surface area is 82.2 Å². The summed E-state index contributed by atoms with van der Waals surface area (Å²) < 4.78 is 6.82. The van der Waals surface area contributed by atoms with Crippen LogP contribution in [0.3, 0.4) is 0 Å². The Morgan fingerprint density at radius 1 is 1.36 bits per heavy atom. The number of hydrogen-bond acceptors (Lipinski definition) is 3. The van der Waals surface area contributed by atoms with Crippen LogP contribution in [0.15, 0.2) is 36.8 Å². The molecule has 14 heavy (non-hydrogen) atoms. The third-order valence-electron chi connectivity index (χ3n) is 1.89. The highest BCUT2D eigenvalue weighted by Gasteiger charge is 2.04. The van der Waals surface area contributed by atoms with E-state index >= 15 is 0 Å². The fourth-order valence-electron chi connectivity index (χ4n) is 1.30. The fraction of sp³-hybridized carbons (Fsp3) is 0.200. The number of aromatic nitrogens is 3. The normalized spacial score (nSPS) is 10.4. The van der Waals surface area contributed by atoms with Gasteiger partial charge in [0.25, 0.3) is 0 Å². The van der Waals surface area contributed by atoms with Gasteiger partial charge in [-0.3, -0.25) is 0 Å². The first kappa shape index (κ1) is 8.90. The topological polar surface area (TPSA) is 39.9 Å². The Morgan fingerprint density at radius 2 is 2.29 bits per heavy atom. The van der Waals surface area contributed by atoms with Crippen LogP contribution >= 0.6 is 0 Å². The highest BCUT2D eigenvalue weighted by atomic mass is 16.5. The summed E-state index contributed by atoms with van der Waals surface area (Å²) in [5, 5.41) is 4.13. The van der Waals surface area contributed by atoms with E-state index in [1.807, 2.05) is 24.4 Å². The molecule has 2 aromatic rings. The molecule has 72 valence electrons. The van der Waals surface area contributed by atoms with Crippen molar-refractivity contribution in [2.75, 3.05) is 7.11 Å². The molecule has 0 saturated heterocycles. The predicted molar refractivity (Wildman–Crippen MR) is 52.1 cm³/mol. The number of methoxy groups -OCH3 is 1. The molecule has 2 rings (SSSR count). The summed E-state index contributed by atoms with van der Waals surface area (Å²) in [4.78, 5) is 4.26. The van der Waals surface area contributed by atoms with Gasteiger partial charge in [-0.05, 0) is 12.1 Å². The van der Waals surface area contributed by atoms with Crippen molar-refractivity contribution in [3.63, 3.8) is 0 Å². The Morgan fingerprint density at radius 3 is 3.00 bits per heavy atom. The quantitative estimate of drug-likeness (QED) is 0.733. The molecule has 0 aliphatic rings. The molecule has 0 spiro atoms. The van der Waals surface area contributed by atoms with Gasteiger partial charge in [-0.15, -0.1) is 0 Å². The van der Waals surface area contributed by atoms with Crippen molar-refractivity contribution >= 4 is 0 Å². The van der Waals surface area contributed by atoms with E-state index in [-0.39, 0.29) is 0 Å². The van der Waals surface area contributed by atoms with E-state index in [9.17, 15) is 0 Å². The zero-order valence-electron chi connectivity index (χ0n) is 7.92. The van der Waals surface area contributed by atoms with Gasteiger partial charge in [-0.25, -0.2) is 9.67 Å². The van der Waals surface area contributed by atoms with Crippen molar-refractivity contribution < 1.29 is 4.74 Å².